The van der Waals surface area contributed by atoms with Gasteiger partial charge in [0.1, 0.15) is 0 Å². The second kappa shape index (κ2) is 4.86. The summed E-state index contributed by atoms with van der Waals surface area (Å²) in [5, 5.41) is 0.388. The van der Waals surface area contributed by atoms with Crippen molar-refractivity contribution in [1.82, 2.24) is 0 Å². The molecule has 88 valence electrons. The Morgan fingerprint density at radius 3 is 2.44 bits per heavy atom. The average molecular weight is 296 g/mol. The summed E-state index contributed by atoms with van der Waals surface area (Å²) < 4.78 is 36.7. The Labute approximate surface area is 99.2 Å². The molecular formula is C10H9BrF3NO. The van der Waals surface area contributed by atoms with Gasteiger partial charge in [0.25, 0.3) is 0 Å². The summed E-state index contributed by atoms with van der Waals surface area (Å²) in [6, 6.07) is 6.41. The van der Waals surface area contributed by atoms with E-state index in [1.165, 1.54) is 6.07 Å². The van der Waals surface area contributed by atoms with Gasteiger partial charge in [0.15, 0.2) is 0 Å². The SMILES string of the molecule is CN(C(=O)C(F)(F)F)c1ccccc1CBr. The van der Waals surface area contributed by atoms with Crippen molar-refractivity contribution in [1.29, 1.82) is 0 Å². The van der Waals surface area contributed by atoms with Gasteiger partial charge >= 0.3 is 12.1 Å². The molecule has 0 bridgehead atoms. The first-order valence-corrected chi connectivity index (χ1v) is 5.49. The third kappa shape index (κ3) is 2.75. The molecule has 1 aromatic rings. The lowest BCUT2D eigenvalue weighted by atomic mass is 10.2. The molecule has 16 heavy (non-hydrogen) atoms. The van der Waals surface area contributed by atoms with Crippen LogP contribution in [0.2, 0.25) is 0 Å². The van der Waals surface area contributed by atoms with E-state index in [2.05, 4.69) is 15.9 Å². The molecule has 2 nitrogen and oxygen atoms in total. The van der Waals surface area contributed by atoms with E-state index in [9.17, 15) is 18.0 Å². The summed E-state index contributed by atoms with van der Waals surface area (Å²) in [7, 11) is 1.11. The van der Waals surface area contributed by atoms with Crippen molar-refractivity contribution in [2.24, 2.45) is 0 Å². The van der Waals surface area contributed by atoms with Crippen LogP contribution in [0.3, 0.4) is 0 Å². The first kappa shape index (κ1) is 13.0. The van der Waals surface area contributed by atoms with E-state index in [4.69, 9.17) is 0 Å². The van der Waals surface area contributed by atoms with Crippen LogP contribution in [-0.2, 0) is 10.1 Å². The Morgan fingerprint density at radius 2 is 1.94 bits per heavy atom. The van der Waals surface area contributed by atoms with E-state index in [-0.39, 0.29) is 5.69 Å². The number of hydrogen-bond donors (Lipinski definition) is 0. The number of hydrogen-bond acceptors (Lipinski definition) is 1. The molecule has 6 heteroatoms. The van der Waals surface area contributed by atoms with Crippen molar-refractivity contribution >= 4 is 27.5 Å². The zero-order valence-corrected chi connectivity index (χ0v) is 9.97. The third-order valence-electron chi connectivity index (χ3n) is 2.04. The van der Waals surface area contributed by atoms with Gasteiger partial charge in [0, 0.05) is 18.1 Å². The quantitative estimate of drug-likeness (QED) is 0.768. The number of amides is 1. The predicted octanol–water partition coefficient (Wildman–Crippen LogP) is 3.11. The van der Waals surface area contributed by atoms with Crippen molar-refractivity contribution in [2.45, 2.75) is 11.5 Å². The summed E-state index contributed by atoms with van der Waals surface area (Å²) in [6.45, 7) is 0. The molecular weight excluding hydrogens is 287 g/mol. The third-order valence-corrected chi connectivity index (χ3v) is 2.65. The minimum absolute atomic E-state index is 0.252. The lowest BCUT2D eigenvalue weighted by molar-refractivity contribution is -0.170. The average Bonchev–Trinajstić information content (AvgIpc) is 2.25. The van der Waals surface area contributed by atoms with Gasteiger partial charge in [-0.25, -0.2) is 0 Å². The van der Waals surface area contributed by atoms with Gasteiger partial charge in [-0.3, -0.25) is 4.79 Å². The molecule has 1 amide bonds. The molecule has 0 spiro atoms. The Morgan fingerprint density at radius 1 is 1.38 bits per heavy atom. The van der Waals surface area contributed by atoms with Gasteiger partial charge in [-0.15, -0.1) is 0 Å². The molecule has 1 aromatic carbocycles. The molecule has 1 rings (SSSR count). The van der Waals surface area contributed by atoms with E-state index >= 15 is 0 Å². The fourth-order valence-electron chi connectivity index (χ4n) is 1.25. The van der Waals surface area contributed by atoms with Crippen LogP contribution < -0.4 is 4.90 Å². The molecule has 0 saturated carbocycles. The molecule has 0 aliphatic carbocycles. The van der Waals surface area contributed by atoms with Crippen LogP contribution in [-0.4, -0.2) is 19.1 Å². The monoisotopic (exact) mass is 295 g/mol. The summed E-state index contributed by atoms with van der Waals surface area (Å²) in [5.41, 5.74) is 0.879. The molecule has 0 unspecified atom stereocenters. The number of nitrogens with zero attached hydrogens (tertiary/aromatic N) is 1. The minimum Gasteiger partial charge on any atom is -0.307 e. The molecule has 0 aromatic heterocycles. The topological polar surface area (TPSA) is 20.3 Å². The smallest absolute Gasteiger partial charge is 0.307 e. The van der Waals surface area contributed by atoms with Crippen LogP contribution in [0.4, 0.5) is 18.9 Å². The van der Waals surface area contributed by atoms with Gasteiger partial charge in [0.2, 0.25) is 0 Å². The van der Waals surface area contributed by atoms with Crippen molar-refractivity contribution in [3.8, 4) is 0 Å². The lowest BCUT2D eigenvalue weighted by Gasteiger charge is -2.21. The van der Waals surface area contributed by atoms with Crippen molar-refractivity contribution in [3.63, 3.8) is 0 Å². The van der Waals surface area contributed by atoms with E-state index in [1.54, 1.807) is 18.2 Å². The van der Waals surface area contributed by atoms with Gasteiger partial charge in [-0.1, -0.05) is 34.1 Å². The first-order chi connectivity index (χ1) is 7.38. The number of rotatable bonds is 2. The maximum absolute atomic E-state index is 12.2. The molecule has 0 aliphatic rings. The second-order valence-electron chi connectivity index (χ2n) is 3.12. The van der Waals surface area contributed by atoms with Crippen LogP contribution >= 0.6 is 15.9 Å². The van der Waals surface area contributed by atoms with Crippen LogP contribution in [0.15, 0.2) is 24.3 Å². The van der Waals surface area contributed by atoms with E-state index in [1.807, 2.05) is 0 Å². The summed E-state index contributed by atoms with van der Waals surface area (Å²) in [5.74, 6) is -1.87. The standard InChI is InChI=1S/C10H9BrF3NO/c1-15(9(16)10(12,13)14)8-5-3-2-4-7(8)6-11/h2-5H,6H2,1H3. The molecule has 0 fully saturated rings. The van der Waals surface area contributed by atoms with Crippen molar-refractivity contribution < 1.29 is 18.0 Å². The maximum atomic E-state index is 12.2. The minimum atomic E-state index is -4.85. The fraction of sp³-hybridized carbons (Fsp3) is 0.300. The number of alkyl halides is 4. The van der Waals surface area contributed by atoms with E-state index < -0.39 is 12.1 Å². The molecule has 0 aliphatic heterocycles. The number of benzene rings is 1. The molecule has 0 radical (unpaired) electrons. The Hall–Kier alpha value is -1.04. The summed E-state index contributed by atoms with van der Waals surface area (Å²) in [6.07, 6.45) is -4.85. The van der Waals surface area contributed by atoms with Crippen molar-refractivity contribution in [2.75, 3.05) is 11.9 Å². The first-order valence-electron chi connectivity index (χ1n) is 4.36. The van der Waals surface area contributed by atoms with E-state index in [0.717, 1.165) is 7.05 Å². The van der Waals surface area contributed by atoms with Crippen molar-refractivity contribution in [3.05, 3.63) is 29.8 Å². The maximum Gasteiger partial charge on any atom is 0.471 e. The summed E-state index contributed by atoms with van der Waals surface area (Å²) >= 11 is 3.16. The zero-order chi connectivity index (χ0) is 12.3. The highest BCUT2D eigenvalue weighted by molar-refractivity contribution is 9.08. The largest absolute Gasteiger partial charge is 0.471 e. The zero-order valence-electron chi connectivity index (χ0n) is 8.38. The van der Waals surface area contributed by atoms with Gasteiger partial charge in [-0.2, -0.15) is 13.2 Å². The number of carbonyl (C=O) groups is 1. The predicted molar refractivity (Wildman–Crippen MR) is 58.5 cm³/mol. The molecule has 0 saturated heterocycles. The Kier molecular flexibility index (Phi) is 3.96. The Bertz CT molecular complexity index is 392. The highest BCUT2D eigenvalue weighted by Crippen LogP contribution is 2.26. The highest BCUT2D eigenvalue weighted by atomic mass is 79.9. The van der Waals surface area contributed by atoms with Crippen LogP contribution in [0, 0.1) is 0 Å². The number of halogens is 4. The van der Waals surface area contributed by atoms with Gasteiger partial charge in [0.05, 0.1) is 0 Å². The van der Waals surface area contributed by atoms with Crippen LogP contribution in [0.5, 0.6) is 0 Å². The number of carbonyl (C=O) groups excluding carboxylic acids is 1. The number of para-hydroxylation sites is 1. The molecule has 0 heterocycles. The summed E-state index contributed by atoms with van der Waals surface area (Å²) in [4.78, 5) is 11.6. The van der Waals surface area contributed by atoms with Gasteiger partial charge < -0.3 is 4.90 Å². The molecule has 0 N–H and O–H groups in total. The highest BCUT2D eigenvalue weighted by Gasteiger charge is 2.41. The fourth-order valence-corrected chi connectivity index (χ4v) is 1.72. The second-order valence-corrected chi connectivity index (χ2v) is 3.69. The molecule has 0 atom stereocenters. The van der Waals surface area contributed by atoms with Crippen LogP contribution in [0.1, 0.15) is 5.56 Å². The lowest BCUT2D eigenvalue weighted by Crippen LogP contribution is -2.38. The normalized spacial score (nSPS) is 11.3. The number of anilines is 1. The Balaban J connectivity index is 3.05. The van der Waals surface area contributed by atoms with Crippen LogP contribution in [0.25, 0.3) is 0 Å². The van der Waals surface area contributed by atoms with E-state index in [0.29, 0.717) is 15.8 Å². The van der Waals surface area contributed by atoms with Gasteiger partial charge in [-0.05, 0) is 11.6 Å².